The van der Waals surface area contributed by atoms with Crippen LogP contribution in [-0.4, -0.2) is 38.9 Å². The summed E-state index contributed by atoms with van der Waals surface area (Å²) < 4.78 is 29.3. The second-order valence-corrected chi connectivity index (χ2v) is 6.06. The summed E-state index contributed by atoms with van der Waals surface area (Å²) in [7, 11) is -1.95. The van der Waals surface area contributed by atoms with Gasteiger partial charge in [0.05, 0.1) is 17.9 Å². The molecule has 106 valence electrons. The number of phenolic OH excluding ortho intramolecular Hbond substituents is 1. The highest BCUT2D eigenvalue weighted by atomic mass is 32.2. The first-order chi connectivity index (χ1) is 8.85. The smallest absolute Gasteiger partial charge is 0.338 e. The quantitative estimate of drug-likeness (QED) is 0.596. The Balaban J connectivity index is 2.46. The van der Waals surface area contributed by atoms with E-state index >= 15 is 0 Å². The maximum atomic E-state index is 11.6. The van der Waals surface area contributed by atoms with E-state index in [-0.39, 0.29) is 30.1 Å². The van der Waals surface area contributed by atoms with Gasteiger partial charge in [-0.1, -0.05) is 6.07 Å². The van der Waals surface area contributed by atoms with Crippen molar-refractivity contribution in [2.75, 3.05) is 19.4 Å². The first-order valence-corrected chi connectivity index (χ1v) is 7.39. The van der Waals surface area contributed by atoms with Crippen molar-refractivity contribution in [2.24, 2.45) is 0 Å². The van der Waals surface area contributed by atoms with Crippen molar-refractivity contribution in [3.05, 3.63) is 29.3 Å². The SMILES string of the molecule is CNS(=O)(=O)CCCOC(=O)c1ccc(C)c(O)c1. The zero-order valence-corrected chi connectivity index (χ0v) is 11.7. The van der Waals surface area contributed by atoms with Crippen molar-refractivity contribution < 1.29 is 23.1 Å². The monoisotopic (exact) mass is 287 g/mol. The fourth-order valence-electron chi connectivity index (χ4n) is 1.34. The van der Waals surface area contributed by atoms with E-state index in [9.17, 15) is 18.3 Å². The van der Waals surface area contributed by atoms with E-state index in [1.54, 1.807) is 19.1 Å². The number of ether oxygens (including phenoxy) is 1. The molecule has 0 saturated carbocycles. The molecular formula is C12H17NO5S. The third-order valence-corrected chi connectivity index (χ3v) is 3.99. The summed E-state index contributed by atoms with van der Waals surface area (Å²) >= 11 is 0. The molecule has 1 rings (SSSR count). The molecule has 0 radical (unpaired) electrons. The summed E-state index contributed by atoms with van der Waals surface area (Å²) in [4.78, 5) is 11.6. The lowest BCUT2D eigenvalue weighted by molar-refractivity contribution is 0.0505. The van der Waals surface area contributed by atoms with Crippen LogP contribution in [0.4, 0.5) is 0 Å². The van der Waals surface area contributed by atoms with Gasteiger partial charge < -0.3 is 9.84 Å². The number of benzene rings is 1. The number of hydrogen-bond acceptors (Lipinski definition) is 5. The van der Waals surface area contributed by atoms with E-state index in [4.69, 9.17) is 4.74 Å². The van der Waals surface area contributed by atoms with Crippen molar-refractivity contribution >= 4 is 16.0 Å². The predicted octanol–water partition coefficient (Wildman–Crippen LogP) is 0.797. The van der Waals surface area contributed by atoms with Crippen LogP contribution in [0.5, 0.6) is 5.75 Å². The van der Waals surface area contributed by atoms with E-state index in [0.717, 1.165) is 0 Å². The lowest BCUT2D eigenvalue weighted by Crippen LogP contribution is -2.23. The van der Waals surface area contributed by atoms with Gasteiger partial charge >= 0.3 is 5.97 Å². The molecule has 0 spiro atoms. The Morgan fingerprint density at radius 3 is 2.68 bits per heavy atom. The number of carbonyl (C=O) groups excluding carboxylic acids is 1. The molecule has 0 heterocycles. The third-order valence-electron chi connectivity index (χ3n) is 2.55. The Morgan fingerprint density at radius 1 is 1.42 bits per heavy atom. The number of rotatable bonds is 6. The molecule has 0 aliphatic rings. The summed E-state index contributed by atoms with van der Waals surface area (Å²) in [6, 6.07) is 4.47. The van der Waals surface area contributed by atoms with Crippen molar-refractivity contribution in [1.29, 1.82) is 0 Å². The van der Waals surface area contributed by atoms with Gasteiger partial charge in [0.2, 0.25) is 10.0 Å². The summed E-state index contributed by atoms with van der Waals surface area (Å²) in [5, 5.41) is 9.46. The lowest BCUT2D eigenvalue weighted by atomic mass is 10.1. The molecule has 1 aromatic rings. The van der Waals surface area contributed by atoms with Gasteiger partial charge in [0.1, 0.15) is 5.75 Å². The largest absolute Gasteiger partial charge is 0.508 e. The van der Waals surface area contributed by atoms with Crippen molar-refractivity contribution in [2.45, 2.75) is 13.3 Å². The molecule has 0 amide bonds. The molecule has 0 saturated heterocycles. The fraction of sp³-hybridized carbons (Fsp3) is 0.417. The predicted molar refractivity (Wildman–Crippen MR) is 70.6 cm³/mol. The van der Waals surface area contributed by atoms with E-state index in [0.29, 0.717) is 5.56 Å². The first-order valence-electron chi connectivity index (χ1n) is 5.73. The van der Waals surface area contributed by atoms with Crippen molar-refractivity contribution in [1.82, 2.24) is 4.72 Å². The summed E-state index contributed by atoms with van der Waals surface area (Å²) in [6.45, 7) is 1.72. The van der Waals surface area contributed by atoms with E-state index in [2.05, 4.69) is 4.72 Å². The van der Waals surface area contributed by atoms with E-state index in [1.807, 2.05) is 0 Å². The number of carbonyl (C=O) groups is 1. The first kappa shape index (κ1) is 15.5. The maximum absolute atomic E-state index is 11.6. The minimum absolute atomic E-state index is 0.00832. The number of nitrogens with one attached hydrogen (secondary N) is 1. The molecule has 0 bridgehead atoms. The van der Waals surface area contributed by atoms with Crippen molar-refractivity contribution in [3.63, 3.8) is 0 Å². The average molecular weight is 287 g/mol. The molecule has 0 unspecified atom stereocenters. The molecule has 0 aliphatic carbocycles. The van der Waals surface area contributed by atoms with Crippen molar-refractivity contribution in [3.8, 4) is 5.75 Å². The molecule has 0 aliphatic heterocycles. The molecule has 6 nitrogen and oxygen atoms in total. The van der Waals surface area contributed by atoms with Crippen LogP contribution >= 0.6 is 0 Å². The zero-order chi connectivity index (χ0) is 14.5. The minimum atomic E-state index is -3.28. The number of sulfonamides is 1. The summed E-state index contributed by atoms with van der Waals surface area (Å²) in [5.74, 6) is -0.667. The van der Waals surface area contributed by atoms with Crippen LogP contribution < -0.4 is 4.72 Å². The molecule has 2 N–H and O–H groups in total. The number of aryl methyl sites for hydroxylation is 1. The number of esters is 1. The fourth-order valence-corrected chi connectivity index (χ4v) is 2.04. The Bertz CT molecular complexity index is 553. The molecule has 1 aromatic carbocycles. The molecule has 19 heavy (non-hydrogen) atoms. The third kappa shape index (κ3) is 4.88. The van der Waals surface area contributed by atoms with Gasteiger partial charge in [0, 0.05) is 0 Å². The van der Waals surface area contributed by atoms with Crippen LogP contribution in [0.15, 0.2) is 18.2 Å². The van der Waals surface area contributed by atoms with Gasteiger partial charge in [0.15, 0.2) is 0 Å². The molecular weight excluding hydrogens is 270 g/mol. The van der Waals surface area contributed by atoms with Gasteiger partial charge in [-0.2, -0.15) is 0 Å². The van der Waals surface area contributed by atoms with Gasteiger partial charge in [0.25, 0.3) is 0 Å². The Hall–Kier alpha value is -1.60. The van der Waals surface area contributed by atoms with Gasteiger partial charge in [-0.15, -0.1) is 0 Å². The van der Waals surface area contributed by atoms with E-state index < -0.39 is 16.0 Å². The summed E-state index contributed by atoms with van der Waals surface area (Å²) in [5.41, 5.74) is 0.899. The molecule has 0 aromatic heterocycles. The highest BCUT2D eigenvalue weighted by molar-refractivity contribution is 7.89. The number of phenols is 1. The second-order valence-electron chi connectivity index (χ2n) is 4.01. The molecule has 7 heteroatoms. The van der Waals surface area contributed by atoms with Crippen LogP contribution in [0.1, 0.15) is 22.3 Å². The van der Waals surface area contributed by atoms with Gasteiger partial charge in [-0.25, -0.2) is 17.9 Å². The highest BCUT2D eigenvalue weighted by Crippen LogP contribution is 2.17. The Labute approximate surface area is 112 Å². The normalized spacial score (nSPS) is 11.3. The van der Waals surface area contributed by atoms with Gasteiger partial charge in [-0.3, -0.25) is 0 Å². The van der Waals surface area contributed by atoms with Crippen LogP contribution in [0, 0.1) is 6.92 Å². The van der Waals surface area contributed by atoms with Crippen LogP contribution in [0.2, 0.25) is 0 Å². The van der Waals surface area contributed by atoms with Crippen LogP contribution in [0.3, 0.4) is 0 Å². The van der Waals surface area contributed by atoms with E-state index in [1.165, 1.54) is 13.1 Å². The number of aromatic hydroxyl groups is 1. The second kappa shape index (κ2) is 6.53. The Kier molecular flexibility index (Phi) is 5.31. The Morgan fingerprint density at radius 2 is 2.11 bits per heavy atom. The minimum Gasteiger partial charge on any atom is -0.508 e. The maximum Gasteiger partial charge on any atom is 0.338 e. The number of hydrogen-bond donors (Lipinski definition) is 2. The average Bonchev–Trinajstić information content (AvgIpc) is 2.37. The topological polar surface area (TPSA) is 92.7 Å². The summed E-state index contributed by atoms with van der Waals surface area (Å²) in [6.07, 6.45) is 0.215. The molecule has 0 atom stereocenters. The standard InChI is InChI=1S/C12H17NO5S/c1-9-4-5-10(8-11(9)14)12(15)18-6-3-7-19(16,17)13-2/h4-5,8,13-14H,3,6-7H2,1-2H3. The zero-order valence-electron chi connectivity index (χ0n) is 10.8. The van der Waals surface area contributed by atoms with Crippen LogP contribution in [0.25, 0.3) is 0 Å². The highest BCUT2D eigenvalue weighted by Gasteiger charge is 2.10. The van der Waals surface area contributed by atoms with Gasteiger partial charge in [-0.05, 0) is 38.1 Å². The van der Waals surface area contributed by atoms with Crippen LogP contribution in [-0.2, 0) is 14.8 Å². The lowest BCUT2D eigenvalue weighted by Gasteiger charge is -2.06. The molecule has 0 fully saturated rings.